The maximum Gasteiger partial charge on any atom is 0.323 e. The molecule has 0 bridgehead atoms. The Balaban J connectivity index is 2.25. The molecule has 20 heavy (non-hydrogen) atoms. The number of hydrogen-bond acceptors (Lipinski definition) is 2. The van der Waals surface area contributed by atoms with E-state index in [-0.39, 0.29) is 23.0 Å². The molecule has 1 amide bonds. The van der Waals surface area contributed by atoms with E-state index >= 15 is 0 Å². The zero-order valence-electron chi connectivity index (χ0n) is 10.4. The van der Waals surface area contributed by atoms with Crippen LogP contribution in [0.25, 0.3) is 0 Å². The second kappa shape index (κ2) is 5.75. The third-order valence-corrected chi connectivity index (χ3v) is 3.34. The van der Waals surface area contributed by atoms with E-state index in [2.05, 4.69) is 0 Å². The quantitative estimate of drug-likeness (QED) is 0.851. The van der Waals surface area contributed by atoms with Crippen molar-refractivity contribution in [2.24, 2.45) is 5.92 Å². The van der Waals surface area contributed by atoms with Gasteiger partial charge in [-0.2, -0.15) is 0 Å². The van der Waals surface area contributed by atoms with Crippen LogP contribution < -0.4 is 0 Å². The van der Waals surface area contributed by atoms with Gasteiger partial charge in [0.25, 0.3) is 5.91 Å². The Hall–Kier alpha value is -1.69. The lowest BCUT2D eigenvalue weighted by molar-refractivity contribution is -0.137. The number of rotatable bonds is 5. The van der Waals surface area contributed by atoms with E-state index in [1.807, 2.05) is 0 Å². The van der Waals surface area contributed by atoms with Crippen molar-refractivity contribution in [3.05, 3.63) is 34.4 Å². The number of carboxylic acids is 1. The van der Waals surface area contributed by atoms with E-state index in [1.165, 1.54) is 0 Å². The van der Waals surface area contributed by atoms with Gasteiger partial charge in [-0.3, -0.25) is 9.59 Å². The van der Waals surface area contributed by atoms with Gasteiger partial charge in [-0.15, -0.1) is 0 Å². The first-order valence-corrected chi connectivity index (χ1v) is 6.42. The minimum atomic E-state index is -1.19. The molecule has 7 heteroatoms. The summed E-state index contributed by atoms with van der Waals surface area (Å²) in [6, 6.07) is 1.40. The summed E-state index contributed by atoms with van der Waals surface area (Å²) in [6.07, 6.45) is 1.85. The lowest BCUT2D eigenvalue weighted by Crippen LogP contribution is -2.37. The molecule has 0 heterocycles. The van der Waals surface area contributed by atoms with Crippen molar-refractivity contribution < 1.29 is 23.5 Å². The van der Waals surface area contributed by atoms with Crippen LogP contribution in [0.3, 0.4) is 0 Å². The van der Waals surface area contributed by atoms with Crippen LogP contribution in [0.4, 0.5) is 8.78 Å². The molecule has 0 saturated heterocycles. The fraction of sp³-hybridized carbons (Fsp3) is 0.385. The van der Waals surface area contributed by atoms with Crippen LogP contribution in [-0.2, 0) is 4.79 Å². The van der Waals surface area contributed by atoms with Crippen molar-refractivity contribution in [2.45, 2.75) is 12.8 Å². The number of benzene rings is 1. The Morgan fingerprint density at radius 1 is 1.30 bits per heavy atom. The van der Waals surface area contributed by atoms with Crippen molar-refractivity contribution in [3.8, 4) is 0 Å². The standard InChI is InChI=1S/C13H12ClF2NO3/c14-9-4-11(16)10(15)3-8(9)13(20)17(6-12(18)19)5-7-1-2-7/h3-4,7H,1-2,5-6H2,(H,18,19). The van der Waals surface area contributed by atoms with E-state index < -0.39 is 30.1 Å². The first-order chi connectivity index (χ1) is 9.38. The Labute approximate surface area is 118 Å². The molecule has 1 aromatic carbocycles. The number of halogens is 3. The molecule has 0 aliphatic heterocycles. The summed E-state index contributed by atoms with van der Waals surface area (Å²) in [5, 5.41) is 8.58. The SMILES string of the molecule is O=C(O)CN(CC1CC1)C(=O)c1cc(F)c(F)cc1Cl. The number of amides is 1. The van der Waals surface area contributed by atoms with Crippen LogP contribution in [-0.4, -0.2) is 35.0 Å². The Kier molecular flexibility index (Phi) is 4.23. The third-order valence-electron chi connectivity index (χ3n) is 3.03. The van der Waals surface area contributed by atoms with Crippen LogP contribution in [0.2, 0.25) is 5.02 Å². The van der Waals surface area contributed by atoms with Crippen LogP contribution >= 0.6 is 11.6 Å². The van der Waals surface area contributed by atoms with Gasteiger partial charge in [0.05, 0.1) is 10.6 Å². The first kappa shape index (κ1) is 14.7. The van der Waals surface area contributed by atoms with E-state index in [9.17, 15) is 18.4 Å². The minimum Gasteiger partial charge on any atom is -0.480 e. The number of aliphatic carboxylic acids is 1. The highest BCUT2D eigenvalue weighted by molar-refractivity contribution is 6.33. The average Bonchev–Trinajstić information content (AvgIpc) is 3.15. The van der Waals surface area contributed by atoms with Crippen molar-refractivity contribution in [1.29, 1.82) is 0 Å². The van der Waals surface area contributed by atoms with E-state index in [0.717, 1.165) is 17.7 Å². The van der Waals surface area contributed by atoms with Crippen LogP contribution in [0, 0.1) is 17.6 Å². The van der Waals surface area contributed by atoms with Crippen LogP contribution in [0.15, 0.2) is 12.1 Å². The number of hydrogen-bond donors (Lipinski definition) is 1. The lowest BCUT2D eigenvalue weighted by Gasteiger charge is -2.21. The molecule has 1 aliphatic rings. The molecule has 108 valence electrons. The lowest BCUT2D eigenvalue weighted by atomic mass is 10.1. The Morgan fingerprint density at radius 3 is 2.45 bits per heavy atom. The van der Waals surface area contributed by atoms with Crippen molar-refractivity contribution >= 4 is 23.5 Å². The van der Waals surface area contributed by atoms with Gasteiger partial charge in [0.2, 0.25) is 0 Å². The largest absolute Gasteiger partial charge is 0.480 e. The monoisotopic (exact) mass is 303 g/mol. The number of carbonyl (C=O) groups excluding carboxylic acids is 1. The van der Waals surface area contributed by atoms with E-state index in [1.54, 1.807) is 0 Å². The summed E-state index contributed by atoms with van der Waals surface area (Å²) in [7, 11) is 0. The second-order valence-electron chi connectivity index (χ2n) is 4.77. The molecular formula is C13H12ClF2NO3. The van der Waals surface area contributed by atoms with Gasteiger partial charge in [0.15, 0.2) is 11.6 Å². The average molecular weight is 304 g/mol. The molecule has 0 radical (unpaired) electrons. The molecule has 4 nitrogen and oxygen atoms in total. The zero-order chi connectivity index (χ0) is 14.9. The molecule has 1 aromatic rings. The predicted octanol–water partition coefficient (Wildman–Crippen LogP) is 2.56. The van der Waals surface area contributed by atoms with Crippen molar-refractivity contribution in [1.82, 2.24) is 4.90 Å². The molecular weight excluding hydrogens is 292 g/mol. The fourth-order valence-corrected chi connectivity index (χ4v) is 2.08. The summed E-state index contributed by atoms with van der Waals surface area (Å²) in [5.41, 5.74) is -0.229. The third kappa shape index (κ3) is 3.45. The van der Waals surface area contributed by atoms with Gasteiger partial charge >= 0.3 is 5.97 Å². The first-order valence-electron chi connectivity index (χ1n) is 6.04. The molecule has 0 atom stereocenters. The summed E-state index contributed by atoms with van der Waals surface area (Å²) in [5.74, 6) is -3.96. The number of carbonyl (C=O) groups is 2. The smallest absolute Gasteiger partial charge is 0.323 e. The number of nitrogens with zero attached hydrogens (tertiary/aromatic N) is 1. The van der Waals surface area contributed by atoms with Gasteiger partial charge in [0, 0.05) is 6.54 Å². The molecule has 2 rings (SSSR count). The normalized spacial score (nSPS) is 14.2. The molecule has 1 aliphatic carbocycles. The Bertz CT molecular complexity index is 561. The second-order valence-corrected chi connectivity index (χ2v) is 5.18. The van der Waals surface area contributed by atoms with E-state index in [4.69, 9.17) is 16.7 Å². The summed E-state index contributed by atoms with van der Waals surface area (Å²) >= 11 is 5.73. The molecule has 1 fully saturated rings. The van der Waals surface area contributed by atoms with Gasteiger partial charge in [-0.25, -0.2) is 8.78 Å². The van der Waals surface area contributed by atoms with Gasteiger partial charge in [-0.05, 0) is 30.9 Å². The highest BCUT2D eigenvalue weighted by Gasteiger charge is 2.29. The highest BCUT2D eigenvalue weighted by Crippen LogP contribution is 2.30. The summed E-state index contributed by atoms with van der Waals surface area (Å²) < 4.78 is 26.2. The van der Waals surface area contributed by atoms with Gasteiger partial charge in [-0.1, -0.05) is 11.6 Å². The summed E-state index contributed by atoms with van der Waals surface area (Å²) in [6.45, 7) is -0.217. The molecule has 0 spiro atoms. The van der Waals surface area contributed by atoms with Crippen molar-refractivity contribution in [3.63, 3.8) is 0 Å². The Morgan fingerprint density at radius 2 is 1.90 bits per heavy atom. The molecule has 0 aromatic heterocycles. The van der Waals surface area contributed by atoms with Crippen LogP contribution in [0.5, 0.6) is 0 Å². The molecule has 1 N–H and O–H groups in total. The van der Waals surface area contributed by atoms with E-state index in [0.29, 0.717) is 12.1 Å². The summed E-state index contributed by atoms with van der Waals surface area (Å²) in [4.78, 5) is 24.1. The zero-order valence-corrected chi connectivity index (χ0v) is 11.2. The maximum atomic E-state index is 13.2. The highest BCUT2D eigenvalue weighted by atomic mass is 35.5. The topological polar surface area (TPSA) is 57.6 Å². The maximum absolute atomic E-state index is 13.2. The fourth-order valence-electron chi connectivity index (χ4n) is 1.85. The van der Waals surface area contributed by atoms with Crippen molar-refractivity contribution in [2.75, 3.05) is 13.1 Å². The molecule has 0 unspecified atom stereocenters. The van der Waals surface area contributed by atoms with Crippen LogP contribution in [0.1, 0.15) is 23.2 Å². The minimum absolute atomic E-state index is 0.229. The molecule has 1 saturated carbocycles. The van der Waals surface area contributed by atoms with Gasteiger partial charge in [0.1, 0.15) is 6.54 Å². The predicted molar refractivity (Wildman–Crippen MR) is 67.6 cm³/mol. The van der Waals surface area contributed by atoms with Gasteiger partial charge < -0.3 is 10.0 Å². The number of carboxylic acid groups (broad SMARTS) is 1.